The van der Waals surface area contributed by atoms with Crippen molar-refractivity contribution < 1.29 is 14.3 Å². The normalized spacial score (nSPS) is 15.5. The molecular formula is C26H23ClN2O3S. The molecule has 4 rings (SSSR count). The van der Waals surface area contributed by atoms with Crippen molar-refractivity contribution in [2.75, 3.05) is 6.61 Å². The molecule has 0 amide bonds. The number of ether oxygens (including phenoxy) is 2. The molecule has 0 unspecified atom stereocenters. The van der Waals surface area contributed by atoms with Gasteiger partial charge in [0.25, 0.3) is 0 Å². The molecule has 0 bridgehead atoms. The van der Waals surface area contributed by atoms with E-state index in [4.69, 9.17) is 33.3 Å². The number of rotatable bonds is 7. The summed E-state index contributed by atoms with van der Waals surface area (Å²) in [7, 11) is 0. The van der Waals surface area contributed by atoms with Crippen LogP contribution in [0.25, 0.3) is 5.70 Å². The summed E-state index contributed by atoms with van der Waals surface area (Å²) in [5.74, 6) is 0.294. The van der Waals surface area contributed by atoms with Gasteiger partial charge in [-0.1, -0.05) is 72.3 Å². The van der Waals surface area contributed by atoms with Gasteiger partial charge in [0, 0.05) is 10.6 Å². The molecule has 5 nitrogen and oxygen atoms in total. The summed E-state index contributed by atoms with van der Waals surface area (Å²) in [6.45, 7) is 2.42. The molecule has 0 spiro atoms. The molecule has 1 aliphatic heterocycles. The molecule has 7 heteroatoms. The third-order valence-electron chi connectivity index (χ3n) is 5.20. The number of benzene rings is 3. The Morgan fingerprint density at radius 3 is 2.39 bits per heavy atom. The van der Waals surface area contributed by atoms with E-state index >= 15 is 0 Å². The zero-order valence-electron chi connectivity index (χ0n) is 18.0. The molecule has 0 aromatic heterocycles. The van der Waals surface area contributed by atoms with Gasteiger partial charge in [-0.3, -0.25) is 0 Å². The first kappa shape index (κ1) is 22.8. The highest BCUT2D eigenvalue weighted by molar-refractivity contribution is 7.80. The van der Waals surface area contributed by atoms with Crippen LogP contribution in [0.3, 0.4) is 0 Å². The SMILES string of the molecule is CCOC(=O)C1=C(c2ccccc2)NC(=S)N[C@@H]1c1ccc(OCc2ccccc2Cl)cc1. The second-order valence-corrected chi connectivity index (χ2v) is 8.17. The van der Waals surface area contributed by atoms with Crippen LogP contribution in [-0.4, -0.2) is 17.7 Å². The zero-order chi connectivity index (χ0) is 23.2. The predicted molar refractivity (Wildman–Crippen MR) is 134 cm³/mol. The van der Waals surface area contributed by atoms with Gasteiger partial charge in [-0.2, -0.15) is 0 Å². The first-order chi connectivity index (χ1) is 16.1. The Hall–Kier alpha value is -3.35. The van der Waals surface area contributed by atoms with Gasteiger partial charge < -0.3 is 20.1 Å². The molecule has 0 aliphatic carbocycles. The highest BCUT2D eigenvalue weighted by atomic mass is 35.5. The van der Waals surface area contributed by atoms with Gasteiger partial charge in [-0.15, -0.1) is 0 Å². The number of thiocarbonyl (C=S) groups is 1. The van der Waals surface area contributed by atoms with Crippen molar-refractivity contribution in [3.63, 3.8) is 0 Å². The summed E-state index contributed by atoms with van der Waals surface area (Å²) in [5.41, 5.74) is 3.74. The Bertz CT molecular complexity index is 1180. The average Bonchev–Trinajstić information content (AvgIpc) is 2.84. The monoisotopic (exact) mass is 478 g/mol. The van der Waals surface area contributed by atoms with Crippen LogP contribution < -0.4 is 15.4 Å². The molecular weight excluding hydrogens is 456 g/mol. The van der Waals surface area contributed by atoms with Gasteiger partial charge in [-0.25, -0.2) is 4.79 Å². The van der Waals surface area contributed by atoms with Crippen LogP contribution in [0.1, 0.15) is 29.7 Å². The molecule has 33 heavy (non-hydrogen) atoms. The lowest BCUT2D eigenvalue weighted by Gasteiger charge is -2.31. The molecule has 1 atom stereocenters. The first-order valence-electron chi connectivity index (χ1n) is 10.6. The minimum Gasteiger partial charge on any atom is -0.489 e. The van der Waals surface area contributed by atoms with Crippen molar-refractivity contribution in [1.29, 1.82) is 0 Å². The fourth-order valence-corrected chi connectivity index (χ4v) is 4.02. The second kappa shape index (κ2) is 10.5. The average molecular weight is 479 g/mol. The first-order valence-corrected chi connectivity index (χ1v) is 11.4. The fourth-order valence-electron chi connectivity index (χ4n) is 3.61. The molecule has 0 saturated heterocycles. The summed E-state index contributed by atoms with van der Waals surface area (Å²) in [4.78, 5) is 13.0. The number of nitrogens with one attached hydrogen (secondary N) is 2. The Labute approximate surface area is 203 Å². The van der Waals surface area contributed by atoms with Gasteiger partial charge in [0.15, 0.2) is 5.11 Å². The maximum absolute atomic E-state index is 13.0. The Balaban J connectivity index is 1.63. The molecule has 0 fully saturated rings. The highest BCUT2D eigenvalue weighted by Gasteiger charge is 2.33. The van der Waals surface area contributed by atoms with Crippen LogP contribution in [-0.2, 0) is 16.1 Å². The largest absolute Gasteiger partial charge is 0.489 e. The number of halogens is 1. The molecule has 1 aliphatic rings. The van der Waals surface area contributed by atoms with Crippen molar-refractivity contribution in [2.45, 2.75) is 19.6 Å². The van der Waals surface area contributed by atoms with E-state index < -0.39 is 12.0 Å². The topological polar surface area (TPSA) is 59.6 Å². The van der Waals surface area contributed by atoms with Crippen LogP contribution in [0.2, 0.25) is 5.02 Å². The lowest BCUT2D eigenvalue weighted by Crippen LogP contribution is -2.45. The Morgan fingerprint density at radius 2 is 1.70 bits per heavy atom. The summed E-state index contributed by atoms with van der Waals surface area (Å²) in [6.07, 6.45) is 0. The minimum atomic E-state index is -0.467. The van der Waals surface area contributed by atoms with Gasteiger partial charge >= 0.3 is 5.97 Å². The lowest BCUT2D eigenvalue weighted by molar-refractivity contribution is -0.138. The van der Waals surface area contributed by atoms with E-state index in [-0.39, 0.29) is 6.61 Å². The standard InChI is InChI=1S/C26H23ClN2O3S/c1-2-31-25(30)22-23(17-8-4-3-5-9-17)28-26(33)29-24(22)18-12-14-20(15-13-18)32-16-19-10-6-7-11-21(19)27/h3-15,24H,2,16H2,1H3,(H2,28,29,33)/t24-/m1/s1. The van der Waals surface area contributed by atoms with Gasteiger partial charge in [0.1, 0.15) is 12.4 Å². The zero-order valence-corrected chi connectivity index (χ0v) is 19.6. The van der Waals surface area contributed by atoms with Crippen LogP contribution in [0.15, 0.2) is 84.4 Å². The Kier molecular flexibility index (Phi) is 7.27. The maximum atomic E-state index is 13.0. The molecule has 1 heterocycles. The van der Waals surface area contributed by atoms with Crippen LogP contribution in [0.5, 0.6) is 5.75 Å². The van der Waals surface area contributed by atoms with Gasteiger partial charge in [-0.05, 0) is 48.5 Å². The molecule has 3 aromatic rings. The third-order valence-corrected chi connectivity index (χ3v) is 5.78. The Morgan fingerprint density at radius 1 is 1.00 bits per heavy atom. The van der Waals surface area contributed by atoms with Crippen molar-refractivity contribution in [1.82, 2.24) is 10.6 Å². The predicted octanol–water partition coefficient (Wildman–Crippen LogP) is 5.41. The molecule has 0 saturated carbocycles. The van der Waals surface area contributed by atoms with E-state index in [2.05, 4.69) is 10.6 Å². The number of carbonyl (C=O) groups excluding carboxylic acids is 1. The van der Waals surface area contributed by atoms with E-state index in [9.17, 15) is 4.79 Å². The van der Waals surface area contributed by atoms with Crippen LogP contribution in [0, 0.1) is 0 Å². The fraction of sp³-hybridized carbons (Fsp3) is 0.154. The van der Waals surface area contributed by atoms with E-state index in [0.29, 0.717) is 33.8 Å². The van der Waals surface area contributed by atoms with Crippen molar-refractivity contribution in [2.24, 2.45) is 0 Å². The molecule has 2 N–H and O–H groups in total. The second-order valence-electron chi connectivity index (χ2n) is 7.36. The summed E-state index contributed by atoms with van der Waals surface area (Å²) >= 11 is 11.7. The highest BCUT2D eigenvalue weighted by Crippen LogP contribution is 2.33. The van der Waals surface area contributed by atoms with E-state index in [1.54, 1.807) is 6.92 Å². The molecule has 3 aromatic carbocycles. The van der Waals surface area contributed by atoms with Gasteiger partial charge in [0.05, 0.1) is 23.9 Å². The van der Waals surface area contributed by atoms with E-state index in [1.165, 1.54) is 0 Å². The number of hydrogen-bond donors (Lipinski definition) is 2. The summed E-state index contributed by atoms with van der Waals surface area (Å²) < 4.78 is 11.3. The minimum absolute atomic E-state index is 0.274. The van der Waals surface area contributed by atoms with E-state index in [1.807, 2.05) is 78.9 Å². The van der Waals surface area contributed by atoms with E-state index in [0.717, 1.165) is 16.7 Å². The van der Waals surface area contributed by atoms with Crippen molar-refractivity contribution in [3.8, 4) is 5.75 Å². The summed E-state index contributed by atoms with van der Waals surface area (Å²) in [5, 5.41) is 7.45. The quantitative estimate of drug-likeness (QED) is 0.349. The maximum Gasteiger partial charge on any atom is 0.338 e. The smallest absolute Gasteiger partial charge is 0.338 e. The van der Waals surface area contributed by atoms with Gasteiger partial charge in [0.2, 0.25) is 0 Å². The van der Waals surface area contributed by atoms with Crippen molar-refractivity contribution in [3.05, 3.63) is 106 Å². The molecule has 168 valence electrons. The van der Waals surface area contributed by atoms with Crippen LogP contribution >= 0.6 is 23.8 Å². The summed E-state index contributed by atoms with van der Waals surface area (Å²) in [6, 6.07) is 24.3. The molecule has 0 radical (unpaired) electrons. The lowest BCUT2D eigenvalue weighted by atomic mass is 9.93. The number of esters is 1. The number of hydrogen-bond acceptors (Lipinski definition) is 4. The third kappa shape index (κ3) is 5.35. The van der Waals surface area contributed by atoms with Crippen LogP contribution in [0.4, 0.5) is 0 Å². The van der Waals surface area contributed by atoms with Crippen molar-refractivity contribution >= 4 is 40.6 Å². The number of carbonyl (C=O) groups is 1.